The van der Waals surface area contributed by atoms with E-state index in [2.05, 4.69) is 276 Å². The summed E-state index contributed by atoms with van der Waals surface area (Å²) in [6.07, 6.45) is 0. The summed E-state index contributed by atoms with van der Waals surface area (Å²) in [7, 11) is 0. The zero-order valence-electron chi connectivity index (χ0n) is 38.3. The average molecular weight is 889 g/mol. The van der Waals surface area contributed by atoms with E-state index in [0.717, 1.165) is 17.1 Å². The van der Waals surface area contributed by atoms with Gasteiger partial charge in [0.2, 0.25) is 0 Å². The van der Waals surface area contributed by atoms with E-state index in [9.17, 15) is 0 Å². The Labute approximate surface area is 407 Å². The molecule has 70 heavy (non-hydrogen) atoms. The monoisotopic (exact) mass is 888 g/mol. The van der Waals surface area contributed by atoms with Crippen molar-refractivity contribution in [1.29, 1.82) is 0 Å². The van der Waals surface area contributed by atoms with Gasteiger partial charge in [-0.3, -0.25) is 0 Å². The van der Waals surface area contributed by atoms with Crippen LogP contribution in [0.25, 0.3) is 60.9 Å². The van der Waals surface area contributed by atoms with E-state index >= 15 is 0 Å². The average Bonchev–Trinajstić information content (AvgIpc) is 4.04. The Morgan fingerprint density at radius 1 is 0.286 bits per heavy atom. The smallest absolute Gasteiger partial charge is 0.0754 e. The summed E-state index contributed by atoms with van der Waals surface area (Å²) < 4.78 is 2.52. The van der Waals surface area contributed by atoms with Crippen molar-refractivity contribution in [3.05, 3.63) is 311 Å². The molecule has 2 nitrogen and oxygen atoms in total. The van der Waals surface area contributed by atoms with Crippen LogP contribution in [-0.4, -0.2) is 4.57 Å². The van der Waals surface area contributed by atoms with Gasteiger partial charge in [0.25, 0.3) is 0 Å². The summed E-state index contributed by atoms with van der Waals surface area (Å²) in [5.41, 5.74) is 24.1. The Bertz CT molecular complexity index is 4010. The van der Waals surface area contributed by atoms with E-state index in [4.69, 9.17) is 0 Å². The highest BCUT2D eigenvalue weighted by molar-refractivity contribution is 6.13. The fourth-order valence-electron chi connectivity index (χ4n) is 13.1. The topological polar surface area (TPSA) is 8.17 Å². The maximum Gasteiger partial charge on any atom is 0.0754 e. The maximum absolute atomic E-state index is 2.52. The first-order chi connectivity index (χ1) is 34.7. The largest absolute Gasteiger partial charge is 0.310 e. The molecule has 2 aliphatic carbocycles. The molecule has 1 atom stereocenters. The van der Waals surface area contributed by atoms with E-state index in [0.29, 0.717) is 0 Å². The lowest BCUT2D eigenvalue weighted by molar-refractivity contribution is 0.749. The van der Waals surface area contributed by atoms with Crippen LogP contribution < -0.4 is 4.90 Å². The number of aromatic nitrogens is 1. The first kappa shape index (κ1) is 39.1. The van der Waals surface area contributed by atoms with Crippen molar-refractivity contribution < 1.29 is 0 Å². The summed E-state index contributed by atoms with van der Waals surface area (Å²) in [4.78, 5) is 2.42. The normalized spacial score (nSPS) is 15.3. The molecule has 0 saturated carbocycles. The Morgan fingerprint density at radius 3 is 1.49 bits per heavy atom. The van der Waals surface area contributed by atoms with Gasteiger partial charge in [0.1, 0.15) is 0 Å². The molecule has 0 amide bonds. The van der Waals surface area contributed by atoms with E-state index in [1.165, 1.54) is 105 Å². The van der Waals surface area contributed by atoms with Crippen molar-refractivity contribution >= 4 is 38.9 Å². The lowest BCUT2D eigenvalue weighted by Crippen LogP contribution is -2.33. The summed E-state index contributed by atoms with van der Waals surface area (Å²) in [5, 5.41) is 2.58. The van der Waals surface area contributed by atoms with E-state index in [-0.39, 0.29) is 0 Å². The van der Waals surface area contributed by atoms with Crippen molar-refractivity contribution in [2.75, 3.05) is 4.90 Å². The molecule has 1 aliphatic heterocycles. The van der Waals surface area contributed by atoms with Crippen LogP contribution in [0.15, 0.2) is 267 Å². The van der Waals surface area contributed by atoms with E-state index in [1.807, 2.05) is 0 Å². The molecule has 1 spiro atoms. The summed E-state index contributed by atoms with van der Waals surface area (Å²) in [6.45, 7) is 0. The van der Waals surface area contributed by atoms with Gasteiger partial charge in [-0.25, -0.2) is 0 Å². The molecule has 0 saturated heterocycles. The Kier molecular flexibility index (Phi) is 8.24. The number of para-hydroxylation sites is 4. The Balaban J connectivity index is 0.898. The van der Waals surface area contributed by atoms with Crippen LogP contribution in [0.2, 0.25) is 0 Å². The fraction of sp³-hybridized carbons (Fsp3) is 0.0294. The molecule has 0 N–H and O–H groups in total. The SMILES string of the molecule is c1ccc(N(c2ccc(-c3ccc4c(c3)[C@]3(c5ccccc5-4)c4ccccc4-n4c5ccccc5c5cccc3c54)cc2)c2ccc3c(c2)C(c2ccccc2)(c2ccccc2)c2ccccc2-3)cc1. The molecule has 1 aromatic heterocycles. The highest BCUT2D eigenvalue weighted by Gasteiger charge is 2.51. The maximum atomic E-state index is 2.52. The number of benzene rings is 11. The van der Waals surface area contributed by atoms with Crippen LogP contribution in [0.1, 0.15) is 44.5 Å². The first-order valence-corrected chi connectivity index (χ1v) is 24.4. The van der Waals surface area contributed by atoms with Gasteiger partial charge in [-0.15, -0.1) is 0 Å². The van der Waals surface area contributed by atoms with Crippen molar-refractivity contribution in [1.82, 2.24) is 4.57 Å². The quantitative estimate of drug-likeness (QED) is 0.161. The van der Waals surface area contributed by atoms with Gasteiger partial charge >= 0.3 is 0 Å². The lowest BCUT2D eigenvalue weighted by Gasteiger charge is -2.39. The zero-order valence-corrected chi connectivity index (χ0v) is 38.3. The van der Waals surface area contributed by atoms with Crippen LogP contribution in [0.5, 0.6) is 0 Å². The van der Waals surface area contributed by atoms with Crippen molar-refractivity contribution in [3.63, 3.8) is 0 Å². The Hall–Kier alpha value is -8.98. The molecule has 15 rings (SSSR count). The van der Waals surface area contributed by atoms with Crippen molar-refractivity contribution in [2.45, 2.75) is 10.8 Å². The molecule has 0 unspecified atom stereocenters. The van der Waals surface area contributed by atoms with E-state index < -0.39 is 10.8 Å². The standard InChI is InChI=1S/C68H44N2/c1-4-19-47(20-5-1)67(48-21-6-2-7-22-48)58-29-13-10-25-52(58)55-42-40-51(44-63(55)67)69(49-23-8-3-9-24-49)50-38-35-45(36-39-50)46-37-41-54-53-26-11-14-30-59(53)68(62(54)43-46)60-31-15-17-34-65(60)70-64-33-16-12-27-56(64)57-28-18-32-61(68)66(57)70/h1-44H/t68-/m1/s1. The van der Waals surface area contributed by atoms with Gasteiger partial charge in [-0.1, -0.05) is 212 Å². The molecule has 0 bridgehead atoms. The first-order valence-electron chi connectivity index (χ1n) is 24.4. The second-order valence-corrected chi connectivity index (χ2v) is 19.1. The minimum Gasteiger partial charge on any atom is -0.310 e. The van der Waals surface area contributed by atoms with Crippen LogP contribution >= 0.6 is 0 Å². The number of rotatable bonds is 6. The summed E-state index contributed by atoms with van der Waals surface area (Å²) in [5.74, 6) is 0. The molecule has 0 radical (unpaired) electrons. The predicted molar refractivity (Wildman–Crippen MR) is 289 cm³/mol. The molecule has 0 fully saturated rings. The fourth-order valence-corrected chi connectivity index (χ4v) is 13.1. The lowest BCUT2D eigenvalue weighted by atomic mass is 9.65. The molecule has 2 heterocycles. The number of fused-ring (bicyclic) bond motifs is 15. The number of nitrogens with zero attached hydrogens (tertiary/aromatic N) is 2. The minimum absolute atomic E-state index is 0.498. The van der Waals surface area contributed by atoms with Crippen molar-refractivity contribution in [2.24, 2.45) is 0 Å². The Morgan fingerprint density at radius 2 is 0.771 bits per heavy atom. The van der Waals surface area contributed by atoms with Gasteiger partial charge < -0.3 is 9.47 Å². The highest BCUT2D eigenvalue weighted by atomic mass is 15.1. The number of hydrogen-bond donors (Lipinski definition) is 0. The summed E-state index contributed by atoms with van der Waals surface area (Å²) >= 11 is 0. The van der Waals surface area contributed by atoms with Gasteiger partial charge in [0, 0.05) is 27.8 Å². The molecule has 11 aromatic carbocycles. The minimum atomic E-state index is -0.506. The third-order valence-electron chi connectivity index (χ3n) is 15.9. The molecule has 3 aliphatic rings. The molecule has 326 valence electrons. The van der Waals surface area contributed by atoms with Gasteiger partial charge in [-0.2, -0.15) is 0 Å². The van der Waals surface area contributed by atoms with Crippen LogP contribution in [0.3, 0.4) is 0 Å². The zero-order chi connectivity index (χ0) is 46.0. The van der Waals surface area contributed by atoms with Crippen LogP contribution in [-0.2, 0) is 10.8 Å². The number of hydrogen-bond acceptors (Lipinski definition) is 1. The highest BCUT2D eigenvalue weighted by Crippen LogP contribution is 2.62. The molecule has 12 aromatic rings. The van der Waals surface area contributed by atoms with Gasteiger partial charge in [0.15, 0.2) is 0 Å². The van der Waals surface area contributed by atoms with Crippen LogP contribution in [0.4, 0.5) is 17.1 Å². The van der Waals surface area contributed by atoms with Gasteiger partial charge in [0.05, 0.1) is 27.6 Å². The van der Waals surface area contributed by atoms with Crippen LogP contribution in [0, 0.1) is 0 Å². The second kappa shape index (κ2) is 14.8. The molecule has 2 heteroatoms. The molecular formula is C68H44N2. The number of anilines is 3. The summed E-state index contributed by atoms with van der Waals surface area (Å²) in [6, 6.07) is 99.6. The third-order valence-corrected chi connectivity index (χ3v) is 15.9. The third kappa shape index (κ3) is 5.12. The predicted octanol–water partition coefficient (Wildman–Crippen LogP) is 17.0. The second-order valence-electron chi connectivity index (χ2n) is 19.1. The van der Waals surface area contributed by atoms with Gasteiger partial charge in [-0.05, 0) is 132 Å². The van der Waals surface area contributed by atoms with E-state index in [1.54, 1.807) is 0 Å². The van der Waals surface area contributed by atoms with Crippen molar-refractivity contribution in [3.8, 4) is 39.1 Å². The molecular weight excluding hydrogens is 845 g/mol.